The summed E-state index contributed by atoms with van der Waals surface area (Å²) in [6.45, 7) is 0.309. The van der Waals surface area contributed by atoms with E-state index in [4.69, 9.17) is 44.1 Å². The minimum absolute atomic E-state index is 0.309. The van der Waals surface area contributed by atoms with Crippen LogP contribution in [0.2, 0.25) is 15.1 Å². The number of aromatic nitrogens is 1. The molecule has 1 saturated carbocycles. The Morgan fingerprint density at radius 2 is 1.81 bits per heavy atom. The Hall–Kier alpha value is -0.950. The molecule has 0 bridgehead atoms. The van der Waals surface area contributed by atoms with Gasteiger partial charge in [0.1, 0.15) is 23.8 Å². The predicted octanol–water partition coefficient (Wildman–Crippen LogP) is 7.36. The Kier molecular flexibility index (Phi) is 5.37. The minimum Gasteiger partial charge on any atom is -0.489 e. The van der Waals surface area contributed by atoms with E-state index >= 15 is 0 Å². The van der Waals surface area contributed by atoms with Crippen molar-refractivity contribution in [2.45, 2.75) is 25.4 Å². The van der Waals surface area contributed by atoms with Crippen LogP contribution < -0.4 is 4.74 Å². The molecule has 26 heavy (non-hydrogen) atoms. The number of rotatable bonds is 5. The smallest absolute Gasteiger partial charge is 0.147 e. The first kappa shape index (κ1) is 18.4. The Morgan fingerprint density at radius 1 is 1.08 bits per heavy atom. The van der Waals surface area contributed by atoms with E-state index in [9.17, 15) is 0 Å². The molecular weight excluding hydrogens is 507 g/mol. The molecule has 0 radical (unpaired) electrons. The molecule has 3 nitrogen and oxygen atoms in total. The highest BCUT2D eigenvalue weighted by Gasteiger charge is 2.33. The SMILES string of the molecule is Clc1cc(OCc2c(-c3c(Cl)cccc3Cl)noc2C2CC2)ccc1I. The van der Waals surface area contributed by atoms with Crippen molar-refractivity contribution in [1.29, 1.82) is 0 Å². The quantitative estimate of drug-likeness (QED) is 0.330. The van der Waals surface area contributed by atoms with Gasteiger partial charge in [-0.05, 0) is 65.8 Å². The molecule has 0 saturated heterocycles. The van der Waals surface area contributed by atoms with Gasteiger partial charge in [0.25, 0.3) is 0 Å². The first-order valence-corrected chi connectivity index (χ1v) is 10.3. The Morgan fingerprint density at radius 3 is 2.46 bits per heavy atom. The minimum atomic E-state index is 0.309. The number of hydrogen-bond acceptors (Lipinski definition) is 3. The fraction of sp³-hybridized carbons (Fsp3) is 0.211. The monoisotopic (exact) mass is 519 g/mol. The van der Waals surface area contributed by atoms with Crippen LogP contribution >= 0.6 is 57.4 Å². The van der Waals surface area contributed by atoms with Crippen LogP contribution in [0.15, 0.2) is 40.9 Å². The second-order valence-electron chi connectivity index (χ2n) is 6.11. The van der Waals surface area contributed by atoms with Crippen molar-refractivity contribution in [1.82, 2.24) is 5.16 Å². The third-order valence-electron chi connectivity index (χ3n) is 4.24. The molecule has 0 aliphatic heterocycles. The van der Waals surface area contributed by atoms with E-state index < -0.39 is 0 Å². The van der Waals surface area contributed by atoms with E-state index in [0.29, 0.717) is 44.6 Å². The fourth-order valence-corrected chi connectivity index (χ4v) is 3.85. The molecule has 0 amide bonds. The topological polar surface area (TPSA) is 35.3 Å². The van der Waals surface area contributed by atoms with Gasteiger partial charge in [-0.1, -0.05) is 46.0 Å². The van der Waals surface area contributed by atoms with Gasteiger partial charge >= 0.3 is 0 Å². The molecule has 1 heterocycles. The van der Waals surface area contributed by atoms with Crippen molar-refractivity contribution < 1.29 is 9.26 Å². The summed E-state index contributed by atoms with van der Waals surface area (Å²) >= 11 is 21.1. The zero-order valence-electron chi connectivity index (χ0n) is 13.4. The Balaban J connectivity index is 1.70. The van der Waals surface area contributed by atoms with Gasteiger partial charge in [0.05, 0.1) is 20.6 Å². The summed E-state index contributed by atoms with van der Waals surface area (Å²) in [6, 6.07) is 11.0. The second kappa shape index (κ2) is 7.58. The van der Waals surface area contributed by atoms with Crippen molar-refractivity contribution in [2.24, 2.45) is 0 Å². The van der Waals surface area contributed by atoms with Crippen molar-refractivity contribution in [3.05, 3.63) is 66.4 Å². The number of nitrogens with zero attached hydrogens (tertiary/aromatic N) is 1. The van der Waals surface area contributed by atoms with Gasteiger partial charge in [0, 0.05) is 15.1 Å². The molecule has 4 rings (SSSR count). The lowest BCUT2D eigenvalue weighted by molar-refractivity contribution is 0.300. The zero-order valence-corrected chi connectivity index (χ0v) is 17.9. The molecule has 0 unspecified atom stereocenters. The maximum absolute atomic E-state index is 6.37. The van der Waals surface area contributed by atoms with Gasteiger partial charge in [0.2, 0.25) is 0 Å². The number of ether oxygens (including phenoxy) is 1. The molecule has 1 fully saturated rings. The molecule has 0 N–H and O–H groups in total. The highest BCUT2D eigenvalue weighted by atomic mass is 127. The number of benzene rings is 2. The van der Waals surface area contributed by atoms with Crippen LogP contribution in [0.5, 0.6) is 5.75 Å². The van der Waals surface area contributed by atoms with E-state index in [0.717, 1.165) is 27.7 Å². The standard InChI is InChI=1S/C19H13Cl3INO2/c20-13-2-1-3-14(21)17(13)18-12(19(26-24-18)10-4-5-10)9-25-11-6-7-16(23)15(22)8-11/h1-3,6-8,10H,4-5,9H2. The highest BCUT2D eigenvalue weighted by molar-refractivity contribution is 14.1. The molecule has 0 spiro atoms. The van der Waals surface area contributed by atoms with Gasteiger partial charge in [-0.2, -0.15) is 0 Å². The lowest BCUT2D eigenvalue weighted by Crippen LogP contribution is -2.00. The van der Waals surface area contributed by atoms with E-state index in [1.807, 2.05) is 12.1 Å². The predicted molar refractivity (Wildman–Crippen MR) is 112 cm³/mol. The van der Waals surface area contributed by atoms with Crippen molar-refractivity contribution in [3.8, 4) is 17.0 Å². The van der Waals surface area contributed by atoms with Gasteiger partial charge < -0.3 is 9.26 Å². The molecular formula is C19H13Cl3INO2. The second-order valence-corrected chi connectivity index (χ2v) is 8.49. The highest BCUT2D eigenvalue weighted by Crippen LogP contribution is 2.46. The van der Waals surface area contributed by atoms with Crippen LogP contribution in [-0.4, -0.2) is 5.16 Å². The summed E-state index contributed by atoms with van der Waals surface area (Å²) < 4.78 is 12.6. The van der Waals surface area contributed by atoms with Crippen molar-refractivity contribution in [2.75, 3.05) is 0 Å². The molecule has 3 aromatic rings. The van der Waals surface area contributed by atoms with Crippen LogP contribution in [-0.2, 0) is 6.61 Å². The van der Waals surface area contributed by atoms with E-state index in [-0.39, 0.29) is 0 Å². The molecule has 0 atom stereocenters. The van der Waals surface area contributed by atoms with Crippen LogP contribution in [0.1, 0.15) is 30.1 Å². The summed E-state index contributed by atoms with van der Waals surface area (Å²) in [6.07, 6.45) is 2.18. The maximum Gasteiger partial charge on any atom is 0.147 e. The van der Waals surface area contributed by atoms with E-state index in [1.54, 1.807) is 24.3 Å². The third-order valence-corrected chi connectivity index (χ3v) is 6.44. The van der Waals surface area contributed by atoms with Gasteiger partial charge in [-0.25, -0.2) is 0 Å². The zero-order chi connectivity index (χ0) is 18.3. The largest absolute Gasteiger partial charge is 0.489 e. The molecule has 1 aromatic heterocycles. The van der Waals surface area contributed by atoms with Crippen LogP contribution in [0, 0.1) is 3.57 Å². The lowest BCUT2D eigenvalue weighted by atomic mass is 10.0. The summed E-state index contributed by atoms with van der Waals surface area (Å²) in [4.78, 5) is 0. The van der Waals surface area contributed by atoms with Gasteiger partial charge in [-0.3, -0.25) is 0 Å². The third kappa shape index (κ3) is 3.70. The first-order chi connectivity index (χ1) is 12.5. The first-order valence-electron chi connectivity index (χ1n) is 8.05. The molecule has 1 aliphatic carbocycles. The number of halogens is 4. The van der Waals surface area contributed by atoms with E-state index in [2.05, 4.69) is 27.7 Å². The maximum atomic E-state index is 6.37. The summed E-state index contributed by atoms with van der Waals surface area (Å²) in [5, 5.41) is 5.99. The van der Waals surface area contributed by atoms with Crippen molar-refractivity contribution in [3.63, 3.8) is 0 Å². The fourth-order valence-electron chi connectivity index (χ4n) is 2.77. The summed E-state index contributed by atoms with van der Waals surface area (Å²) in [5.74, 6) is 1.93. The molecule has 1 aliphatic rings. The molecule has 7 heteroatoms. The van der Waals surface area contributed by atoms with Gasteiger partial charge in [-0.15, -0.1) is 0 Å². The average Bonchev–Trinajstić information content (AvgIpc) is 3.37. The number of hydrogen-bond donors (Lipinski definition) is 0. The van der Waals surface area contributed by atoms with Crippen molar-refractivity contribution >= 4 is 57.4 Å². The lowest BCUT2D eigenvalue weighted by Gasteiger charge is -2.10. The van der Waals surface area contributed by atoms with Crippen LogP contribution in [0.25, 0.3) is 11.3 Å². The Bertz CT molecular complexity index is 949. The molecule has 2 aromatic carbocycles. The van der Waals surface area contributed by atoms with Gasteiger partial charge in [0.15, 0.2) is 0 Å². The Labute approximate surface area is 179 Å². The van der Waals surface area contributed by atoms with Crippen LogP contribution in [0.4, 0.5) is 0 Å². The summed E-state index contributed by atoms with van der Waals surface area (Å²) in [5.41, 5.74) is 2.20. The van der Waals surface area contributed by atoms with Crippen LogP contribution in [0.3, 0.4) is 0 Å². The summed E-state index contributed by atoms with van der Waals surface area (Å²) in [7, 11) is 0. The normalized spacial score (nSPS) is 13.8. The molecule has 134 valence electrons. The van der Waals surface area contributed by atoms with E-state index in [1.165, 1.54) is 0 Å². The average molecular weight is 521 g/mol.